The van der Waals surface area contributed by atoms with E-state index in [4.69, 9.17) is 4.74 Å². The maximum Gasteiger partial charge on any atom is 0.291 e. The molecule has 3 aliphatic heterocycles. The maximum atomic E-state index is 13.8. The van der Waals surface area contributed by atoms with Gasteiger partial charge in [-0.2, -0.15) is 0 Å². The van der Waals surface area contributed by atoms with Crippen LogP contribution >= 0.6 is 0 Å². The van der Waals surface area contributed by atoms with Gasteiger partial charge in [0.2, 0.25) is 17.4 Å². The molecule has 2 aromatic carbocycles. The van der Waals surface area contributed by atoms with Crippen molar-refractivity contribution in [2.45, 2.75) is 32.0 Å². The molecule has 5 rings (SSSR count). The molecule has 0 radical (unpaired) electrons. The minimum atomic E-state index is -1.11. The molecule has 0 saturated carbocycles. The number of quaternary nitrogens is 1. The van der Waals surface area contributed by atoms with Crippen molar-refractivity contribution in [1.29, 1.82) is 0 Å². The Kier molecular flexibility index (Phi) is 4.41. The third-order valence-corrected chi connectivity index (χ3v) is 7.09. The second-order valence-corrected chi connectivity index (χ2v) is 8.93. The number of ether oxygens (including phenoxy) is 1. The molecule has 1 spiro atoms. The average molecular weight is 420 g/mol. The molecule has 2 fully saturated rings. The number of likely N-dealkylation sites (tertiary alicyclic amines) is 1. The zero-order valence-electron chi connectivity index (χ0n) is 17.8. The lowest BCUT2D eigenvalue weighted by Crippen LogP contribution is -2.99. The molecule has 7 heteroatoms. The number of methoxy groups -OCH3 is 1. The molecule has 3 N–H and O–H groups in total. The summed E-state index contributed by atoms with van der Waals surface area (Å²) in [6.45, 7) is 4.21. The van der Waals surface area contributed by atoms with Gasteiger partial charge in [0, 0.05) is 17.0 Å². The SMILES string of the molecule is COc1ccccc1CN1C(=O)[C@H]2[C@@H](C1=O)[C@@]1([NH2+][C@H]2C(C)C)C(=O)Nc2ccccc21. The Morgan fingerprint density at radius 3 is 2.52 bits per heavy atom. The maximum absolute atomic E-state index is 13.8. The van der Waals surface area contributed by atoms with E-state index in [9.17, 15) is 14.4 Å². The Labute approximate surface area is 180 Å². The van der Waals surface area contributed by atoms with Crippen LogP contribution in [0.1, 0.15) is 25.0 Å². The zero-order chi connectivity index (χ0) is 21.9. The Morgan fingerprint density at radius 2 is 1.77 bits per heavy atom. The summed E-state index contributed by atoms with van der Waals surface area (Å²) in [4.78, 5) is 42.0. The number of fused-ring (bicyclic) bond motifs is 4. The molecular formula is C24H26N3O4+. The number of nitrogens with two attached hydrogens (primary N) is 1. The van der Waals surface area contributed by atoms with Crippen molar-refractivity contribution >= 4 is 23.4 Å². The largest absolute Gasteiger partial charge is 0.496 e. The van der Waals surface area contributed by atoms with Crippen LogP contribution in [-0.2, 0) is 26.5 Å². The number of nitrogens with zero attached hydrogens (tertiary/aromatic N) is 1. The van der Waals surface area contributed by atoms with Crippen LogP contribution in [0.15, 0.2) is 48.5 Å². The molecule has 3 amide bonds. The van der Waals surface area contributed by atoms with Gasteiger partial charge in [-0.3, -0.25) is 19.3 Å². The van der Waals surface area contributed by atoms with Crippen LogP contribution in [0.5, 0.6) is 5.75 Å². The number of hydrogen-bond donors (Lipinski definition) is 2. The van der Waals surface area contributed by atoms with Crippen LogP contribution in [-0.4, -0.2) is 35.8 Å². The molecule has 7 nitrogen and oxygen atoms in total. The van der Waals surface area contributed by atoms with E-state index in [0.717, 1.165) is 16.8 Å². The number of nitrogens with one attached hydrogen (secondary N) is 1. The number of carbonyl (C=O) groups is 3. The van der Waals surface area contributed by atoms with Crippen LogP contribution in [0.25, 0.3) is 0 Å². The predicted octanol–water partition coefficient (Wildman–Crippen LogP) is 1.25. The first kappa shape index (κ1) is 19.8. The van der Waals surface area contributed by atoms with Crippen LogP contribution in [0.2, 0.25) is 0 Å². The van der Waals surface area contributed by atoms with Gasteiger partial charge in [-0.1, -0.05) is 50.2 Å². The summed E-state index contributed by atoms with van der Waals surface area (Å²) in [5.74, 6) is -1.23. The second-order valence-electron chi connectivity index (χ2n) is 8.93. The van der Waals surface area contributed by atoms with Gasteiger partial charge in [0.05, 0.1) is 19.3 Å². The summed E-state index contributed by atoms with van der Waals surface area (Å²) < 4.78 is 5.42. The van der Waals surface area contributed by atoms with Gasteiger partial charge in [0.15, 0.2) is 0 Å². The van der Waals surface area contributed by atoms with E-state index in [1.807, 2.05) is 67.7 Å². The minimum Gasteiger partial charge on any atom is -0.496 e. The van der Waals surface area contributed by atoms with Crippen LogP contribution in [0.3, 0.4) is 0 Å². The summed E-state index contributed by atoms with van der Waals surface area (Å²) in [6.07, 6.45) is 0. The van der Waals surface area contributed by atoms with E-state index in [2.05, 4.69) is 5.32 Å². The molecule has 4 atom stereocenters. The van der Waals surface area contributed by atoms with Crippen molar-refractivity contribution in [1.82, 2.24) is 4.90 Å². The summed E-state index contributed by atoms with van der Waals surface area (Å²) in [5, 5.41) is 4.92. The molecule has 31 heavy (non-hydrogen) atoms. The van der Waals surface area contributed by atoms with Crippen molar-refractivity contribution in [2.24, 2.45) is 17.8 Å². The number of hydrogen-bond acceptors (Lipinski definition) is 4. The number of para-hydroxylation sites is 2. The van der Waals surface area contributed by atoms with Crippen LogP contribution < -0.4 is 15.4 Å². The van der Waals surface area contributed by atoms with E-state index in [1.165, 1.54) is 4.90 Å². The Bertz CT molecular complexity index is 1100. The number of carbonyl (C=O) groups excluding carboxylic acids is 3. The molecule has 2 saturated heterocycles. The summed E-state index contributed by atoms with van der Waals surface area (Å²) in [7, 11) is 1.57. The highest BCUT2D eigenvalue weighted by Crippen LogP contribution is 2.50. The number of benzene rings is 2. The lowest BCUT2D eigenvalue weighted by Gasteiger charge is -2.27. The quantitative estimate of drug-likeness (QED) is 0.728. The van der Waals surface area contributed by atoms with Gasteiger partial charge in [0.25, 0.3) is 5.91 Å². The Morgan fingerprint density at radius 1 is 1.06 bits per heavy atom. The van der Waals surface area contributed by atoms with Crippen LogP contribution in [0, 0.1) is 17.8 Å². The van der Waals surface area contributed by atoms with Crippen molar-refractivity contribution in [3.8, 4) is 5.75 Å². The standard InChI is InChI=1S/C24H25N3O4/c1-13(2)20-18-19(24(26-20)15-9-5-6-10-16(15)25-23(24)30)22(29)27(21(18)28)12-14-8-4-7-11-17(14)31-3/h4-11,13,18-20,26H,12H2,1-3H3,(H,25,30)/p+1/t18-,19-,20-,24+/m0/s1. The van der Waals surface area contributed by atoms with E-state index in [0.29, 0.717) is 5.75 Å². The molecule has 0 aliphatic carbocycles. The fourth-order valence-electron chi connectivity index (χ4n) is 5.67. The fourth-order valence-corrected chi connectivity index (χ4v) is 5.67. The van der Waals surface area contributed by atoms with Crippen molar-refractivity contribution < 1.29 is 24.4 Å². The minimum absolute atomic E-state index is 0.121. The molecule has 3 heterocycles. The van der Waals surface area contributed by atoms with E-state index >= 15 is 0 Å². The fraction of sp³-hybridized carbons (Fsp3) is 0.375. The number of anilines is 1. The number of imide groups is 1. The Balaban J connectivity index is 1.60. The van der Waals surface area contributed by atoms with Crippen molar-refractivity contribution in [3.05, 3.63) is 59.7 Å². The highest BCUT2D eigenvalue weighted by molar-refractivity contribution is 6.13. The van der Waals surface area contributed by atoms with Gasteiger partial charge in [0.1, 0.15) is 23.6 Å². The van der Waals surface area contributed by atoms with Gasteiger partial charge in [-0.15, -0.1) is 0 Å². The highest BCUT2D eigenvalue weighted by Gasteiger charge is 2.74. The van der Waals surface area contributed by atoms with Gasteiger partial charge < -0.3 is 15.4 Å². The van der Waals surface area contributed by atoms with E-state index in [1.54, 1.807) is 7.11 Å². The molecule has 0 bridgehead atoms. The summed E-state index contributed by atoms with van der Waals surface area (Å²) >= 11 is 0. The van der Waals surface area contributed by atoms with E-state index in [-0.39, 0.29) is 36.2 Å². The Hall–Kier alpha value is -3.19. The first-order chi connectivity index (χ1) is 14.9. The molecule has 2 aromatic rings. The molecule has 0 aromatic heterocycles. The lowest BCUT2D eigenvalue weighted by molar-refractivity contribution is -0.738. The van der Waals surface area contributed by atoms with Crippen LogP contribution in [0.4, 0.5) is 5.69 Å². The van der Waals surface area contributed by atoms with Gasteiger partial charge >= 0.3 is 0 Å². The molecular weight excluding hydrogens is 394 g/mol. The first-order valence-electron chi connectivity index (χ1n) is 10.6. The third kappa shape index (κ3) is 2.59. The predicted molar refractivity (Wildman–Crippen MR) is 113 cm³/mol. The monoisotopic (exact) mass is 420 g/mol. The zero-order valence-corrected chi connectivity index (χ0v) is 17.8. The smallest absolute Gasteiger partial charge is 0.291 e. The summed E-state index contributed by atoms with van der Waals surface area (Å²) in [6, 6.07) is 14.7. The third-order valence-electron chi connectivity index (χ3n) is 7.09. The molecule has 0 unspecified atom stereocenters. The van der Waals surface area contributed by atoms with Gasteiger partial charge in [-0.05, 0) is 12.1 Å². The van der Waals surface area contributed by atoms with Crippen molar-refractivity contribution in [2.75, 3.05) is 12.4 Å². The lowest BCUT2D eigenvalue weighted by atomic mass is 9.76. The second kappa shape index (κ2) is 6.92. The van der Waals surface area contributed by atoms with E-state index < -0.39 is 17.4 Å². The number of amides is 3. The molecule has 3 aliphatic rings. The topological polar surface area (TPSA) is 92.3 Å². The van der Waals surface area contributed by atoms with Gasteiger partial charge in [-0.25, -0.2) is 0 Å². The van der Waals surface area contributed by atoms with Crippen molar-refractivity contribution in [3.63, 3.8) is 0 Å². The summed E-state index contributed by atoms with van der Waals surface area (Å²) in [5.41, 5.74) is 1.16. The average Bonchev–Trinajstić information content (AvgIpc) is 3.35. The highest BCUT2D eigenvalue weighted by atomic mass is 16.5. The molecule has 160 valence electrons. The first-order valence-corrected chi connectivity index (χ1v) is 10.6. The number of rotatable bonds is 4. The normalized spacial score (nSPS) is 29.0.